The van der Waals surface area contributed by atoms with Crippen molar-refractivity contribution < 1.29 is 9.90 Å². The molecule has 1 heterocycles. The lowest BCUT2D eigenvalue weighted by atomic mass is 10.2. The lowest BCUT2D eigenvalue weighted by Crippen LogP contribution is -2.05. The highest BCUT2D eigenvalue weighted by Gasteiger charge is 2.10. The third-order valence-electron chi connectivity index (χ3n) is 2.88. The SMILES string of the molecule is Cc1c(CCC(=O)O)nnn1Cc1cccc(Cl)c1. The van der Waals surface area contributed by atoms with Crippen LogP contribution in [0.5, 0.6) is 0 Å². The van der Waals surface area contributed by atoms with E-state index in [0.717, 1.165) is 17.0 Å². The number of carboxylic acid groups (broad SMARTS) is 1. The Labute approximate surface area is 115 Å². The second kappa shape index (κ2) is 5.84. The lowest BCUT2D eigenvalue weighted by Gasteiger charge is -2.04. The summed E-state index contributed by atoms with van der Waals surface area (Å²) in [6, 6.07) is 7.54. The molecule has 0 amide bonds. The number of nitrogens with zero attached hydrogens (tertiary/aromatic N) is 3. The summed E-state index contributed by atoms with van der Waals surface area (Å²) in [6.07, 6.45) is 0.466. The van der Waals surface area contributed by atoms with Gasteiger partial charge in [0, 0.05) is 11.4 Å². The maximum atomic E-state index is 10.5. The number of hydrogen-bond acceptors (Lipinski definition) is 3. The molecule has 0 radical (unpaired) electrons. The molecule has 0 fully saturated rings. The normalized spacial score (nSPS) is 10.6. The maximum Gasteiger partial charge on any atom is 0.303 e. The fourth-order valence-electron chi connectivity index (χ4n) is 1.81. The minimum atomic E-state index is -0.830. The molecule has 5 nitrogen and oxygen atoms in total. The van der Waals surface area contributed by atoms with Crippen LogP contribution in [0.15, 0.2) is 24.3 Å². The highest BCUT2D eigenvalue weighted by molar-refractivity contribution is 6.30. The number of hydrogen-bond donors (Lipinski definition) is 1. The summed E-state index contributed by atoms with van der Waals surface area (Å²) in [7, 11) is 0. The molecule has 0 spiro atoms. The molecule has 0 unspecified atom stereocenters. The van der Waals surface area contributed by atoms with E-state index >= 15 is 0 Å². The van der Waals surface area contributed by atoms with Crippen molar-refractivity contribution in [1.82, 2.24) is 15.0 Å². The first kappa shape index (κ1) is 13.5. The smallest absolute Gasteiger partial charge is 0.303 e. The molecule has 1 aromatic carbocycles. The largest absolute Gasteiger partial charge is 0.481 e. The quantitative estimate of drug-likeness (QED) is 0.912. The third-order valence-corrected chi connectivity index (χ3v) is 3.11. The molecule has 100 valence electrons. The Balaban J connectivity index is 2.11. The fraction of sp³-hybridized carbons (Fsp3) is 0.308. The molecule has 0 aliphatic rings. The monoisotopic (exact) mass is 279 g/mol. The summed E-state index contributed by atoms with van der Waals surface area (Å²) in [5, 5.41) is 17.4. The highest BCUT2D eigenvalue weighted by Crippen LogP contribution is 2.13. The molecular formula is C13H14ClN3O2. The average molecular weight is 280 g/mol. The Bertz CT molecular complexity index is 595. The van der Waals surface area contributed by atoms with Gasteiger partial charge >= 0.3 is 5.97 Å². The number of halogens is 1. The number of aromatic nitrogens is 3. The average Bonchev–Trinajstić information content (AvgIpc) is 2.68. The number of carbonyl (C=O) groups is 1. The summed E-state index contributed by atoms with van der Waals surface area (Å²) in [4.78, 5) is 10.5. The predicted octanol–water partition coefficient (Wildman–Crippen LogP) is 2.31. The molecule has 2 rings (SSSR count). The van der Waals surface area contributed by atoms with Gasteiger partial charge in [-0.3, -0.25) is 4.79 Å². The van der Waals surface area contributed by atoms with Gasteiger partial charge in [0.05, 0.1) is 24.4 Å². The van der Waals surface area contributed by atoms with Crippen molar-refractivity contribution in [3.05, 3.63) is 46.2 Å². The minimum absolute atomic E-state index is 0.0662. The molecule has 0 atom stereocenters. The second-order valence-electron chi connectivity index (χ2n) is 4.30. The molecule has 19 heavy (non-hydrogen) atoms. The Morgan fingerprint density at radius 3 is 2.95 bits per heavy atom. The zero-order chi connectivity index (χ0) is 13.8. The van der Waals surface area contributed by atoms with Gasteiger partial charge in [-0.05, 0) is 24.6 Å². The Morgan fingerprint density at radius 2 is 2.26 bits per heavy atom. The van der Waals surface area contributed by atoms with Crippen molar-refractivity contribution in [2.24, 2.45) is 0 Å². The summed E-state index contributed by atoms with van der Waals surface area (Å²) < 4.78 is 1.75. The lowest BCUT2D eigenvalue weighted by molar-refractivity contribution is -0.136. The van der Waals surface area contributed by atoms with Gasteiger partial charge in [-0.15, -0.1) is 5.10 Å². The highest BCUT2D eigenvalue weighted by atomic mass is 35.5. The second-order valence-corrected chi connectivity index (χ2v) is 4.74. The molecule has 6 heteroatoms. The zero-order valence-electron chi connectivity index (χ0n) is 10.5. The van der Waals surface area contributed by atoms with Crippen LogP contribution in [0.4, 0.5) is 0 Å². The van der Waals surface area contributed by atoms with Gasteiger partial charge in [0.15, 0.2) is 0 Å². The standard InChI is InChI=1S/C13H14ClN3O2/c1-9-12(5-6-13(18)19)15-16-17(9)8-10-3-2-4-11(14)7-10/h2-4,7H,5-6,8H2,1H3,(H,18,19). The van der Waals surface area contributed by atoms with Crippen molar-refractivity contribution in [2.45, 2.75) is 26.3 Å². The molecule has 1 N–H and O–H groups in total. The third kappa shape index (κ3) is 3.54. The van der Waals surface area contributed by atoms with Gasteiger partial charge in [0.1, 0.15) is 0 Å². The van der Waals surface area contributed by atoms with Crippen molar-refractivity contribution in [1.29, 1.82) is 0 Å². The number of carboxylic acids is 1. The molecular weight excluding hydrogens is 266 g/mol. The van der Waals surface area contributed by atoms with Crippen LogP contribution in [0.1, 0.15) is 23.4 Å². The zero-order valence-corrected chi connectivity index (χ0v) is 11.3. The summed E-state index contributed by atoms with van der Waals surface area (Å²) >= 11 is 5.93. The van der Waals surface area contributed by atoms with Crippen LogP contribution in [0.3, 0.4) is 0 Å². The minimum Gasteiger partial charge on any atom is -0.481 e. The van der Waals surface area contributed by atoms with Crippen molar-refractivity contribution >= 4 is 17.6 Å². The van der Waals surface area contributed by atoms with E-state index in [1.54, 1.807) is 4.68 Å². The molecule has 0 bridgehead atoms. The van der Waals surface area contributed by atoms with E-state index in [9.17, 15) is 4.79 Å². The van der Waals surface area contributed by atoms with E-state index in [1.165, 1.54) is 0 Å². The first-order valence-electron chi connectivity index (χ1n) is 5.91. The molecule has 2 aromatic rings. The van der Waals surface area contributed by atoms with Crippen LogP contribution < -0.4 is 0 Å². The predicted molar refractivity (Wildman–Crippen MR) is 71.3 cm³/mol. The van der Waals surface area contributed by atoms with Crippen LogP contribution in [-0.2, 0) is 17.8 Å². The van der Waals surface area contributed by atoms with Gasteiger partial charge in [0.25, 0.3) is 0 Å². The van der Waals surface area contributed by atoms with Gasteiger partial charge in [-0.25, -0.2) is 4.68 Å². The summed E-state index contributed by atoms with van der Waals surface area (Å²) in [5.74, 6) is -0.830. The van der Waals surface area contributed by atoms with Crippen LogP contribution in [0.2, 0.25) is 5.02 Å². The van der Waals surface area contributed by atoms with E-state index in [-0.39, 0.29) is 6.42 Å². The van der Waals surface area contributed by atoms with Gasteiger partial charge in [0.2, 0.25) is 0 Å². The fourth-order valence-corrected chi connectivity index (χ4v) is 2.02. The van der Waals surface area contributed by atoms with Crippen molar-refractivity contribution in [3.8, 4) is 0 Å². The molecule has 0 saturated heterocycles. The first-order valence-corrected chi connectivity index (χ1v) is 6.29. The summed E-state index contributed by atoms with van der Waals surface area (Å²) in [6.45, 7) is 2.47. The molecule has 0 aliphatic carbocycles. The number of aryl methyl sites for hydroxylation is 1. The molecule has 0 saturated carbocycles. The molecule has 0 aliphatic heterocycles. The van der Waals surface area contributed by atoms with Crippen LogP contribution in [-0.4, -0.2) is 26.1 Å². The van der Waals surface area contributed by atoms with Crippen LogP contribution >= 0.6 is 11.6 Å². The van der Waals surface area contributed by atoms with Gasteiger partial charge in [-0.2, -0.15) is 0 Å². The summed E-state index contributed by atoms with van der Waals surface area (Å²) in [5.41, 5.74) is 2.65. The Hall–Kier alpha value is -1.88. The first-order chi connectivity index (χ1) is 9.06. The van der Waals surface area contributed by atoms with Crippen LogP contribution in [0, 0.1) is 6.92 Å². The Kier molecular flexibility index (Phi) is 4.16. The van der Waals surface area contributed by atoms with Crippen molar-refractivity contribution in [3.63, 3.8) is 0 Å². The van der Waals surface area contributed by atoms with E-state index in [0.29, 0.717) is 18.0 Å². The van der Waals surface area contributed by atoms with E-state index < -0.39 is 5.97 Å². The number of rotatable bonds is 5. The van der Waals surface area contributed by atoms with E-state index in [4.69, 9.17) is 16.7 Å². The van der Waals surface area contributed by atoms with Crippen LogP contribution in [0.25, 0.3) is 0 Å². The maximum absolute atomic E-state index is 10.5. The number of benzene rings is 1. The van der Waals surface area contributed by atoms with Gasteiger partial charge < -0.3 is 5.11 Å². The van der Waals surface area contributed by atoms with Gasteiger partial charge in [-0.1, -0.05) is 28.9 Å². The van der Waals surface area contributed by atoms with E-state index in [1.807, 2.05) is 31.2 Å². The molecule has 1 aromatic heterocycles. The Morgan fingerprint density at radius 1 is 1.47 bits per heavy atom. The van der Waals surface area contributed by atoms with E-state index in [2.05, 4.69) is 10.3 Å². The number of aliphatic carboxylic acids is 1. The van der Waals surface area contributed by atoms with Crippen molar-refractivity contribution in [2.75, 3.05) is 0 Å². The topological polar surface area (TPSA) is 68.0 Å².